The van der Waals surface area contributed by atoms with Crippen molar-refractivity contribution in [3.05, 3.63) is 28.7 Å². The van der Waals surface area contributed by atoms with Crippen molar-refractivity contribution >= 4 is 31.9 Å². The number of benzene rings is 1. The number of amides is 1. The molecule has 4 fully saturated rings. The van der Waals surface area contributed by atoms with Crippen molar-refractivity contribution in [3.63, 3.8) is 0 Å². The molecule has 4 aliphatic carbocycles. The summed E-state index contributed by atoms with van der Waals surface area (Å²) in [6.07, 6.45) is 10.1. The minimum absolute atomic E-state index is 0.142. The lowest BCUT2D eigenvalue weighted by molar-refractivity contribution is -0.133. The summed E-state index contributed by atoms with van der Waals surface area (Å²) in [4.78, 5) is 13.4. The minimum Gasteiger partial charge on any atom is -0.351 e. The van der Waals surface area contributed by atoms with E-state index < -0.39 is 15.6 Å². The standard InChI is InChI=1S/C24H35BrN2O3S/c1-4-5-10-24-13-16-11-17(14-24)21(18(12-16)15-24)26-22(28)23(2,3)27-31(29,30)20-9-7-6-8-19(20)25/h6-9,16-18,21,27H,4-5,10-15H2,1-3H3,(H,26,28). The van der Waals surface area contributed by atoms with Gasteiger partial charge in [0.1, 0.15) is 5.54 Å². The smallest absolute Gasteiger partial charge is 0.242 e. The van der Waals surface area contributed by atoms with E-state index in [1.165, 1.54) is 57.4 Å². The molecule has 1 aromatic rings. The van der Waals surface area contributed by atoms with Crippen molar-refractivity contribution in [2.45, 2.75) is 88.6 Å². The Morgan fingerprint density at radius 1 is 1.16 bits per heavy atom. The van der Waals surface area contributed by atoms with Crippen molar-refractivity contribution < 1.29 is 13.2 Å². The van der Waals surface area contributed by atoms with E-state index in [-0.39, 0.29) is 16.8 Å². The third-order valence-electron chi connectivity index (χ3n) is 7.84. The van der Waals surface area contributed by atoms with E-state index in [9.17, 15) is 13.2 Å². The number of carbonyl (C=O) groups is 1. The molecule has 0 saturated heterocycles. The van der Waals surface area contributed by atoms with Crippen LogP contribution in [0, 0.1) is 23.2 Å². The molecule has 4 bridgehead atoms. The molecule has 2 atom stereocenters. The molecule has 1 aromatic carbocycles. The van der Waals surface area contributed by atoms with Gasteiger partial charge in [0.25, 0.3) is 0 Å². The monoisotopic (exact) mass is 510 g/mol. The SMILES string of the molecule is CCCCC12CC3CC(C1)C(NC(=O)C(C)(C)NS(=O)(=O)c1ccccc1Br)C(C3)C2. The molecule has 7 heteroatoms. The molecule has 5 nitrogen and oxygen atoms in total. The summed E-state index contributed by atoms with van der Waals surface area (Å²) in [5.74, 6) is 1.64. The van der Waals surface area contributed by atoms with Crippen LogP contribution < -0.4 is 10.0 Å². The van der Waals surface area contributed by atoms with Crippen LogP contribution in [0.3, 0.4) is 0 Å². The zero-order valence-corrected chi connectivity index (χ0v) is 21.2. The molecule has 5 rings (SSSR count). The quantitative estimate of drug-likeness (QED) is 0.516. The summed E-state index contributed by atoms with van der Waals surface area (Å²) in [5, 5.41) is 3.29. The molecule has 2 unspecified atom stereocenters. The number of hydrogen-bond donors (Lipinski definition) is 2. The second-order valence-electron chi connectivity index (χ2n) is 10.7. The van der Waals surface area contributed by atoms with Crippen LogP contribution in [0.4, 0.5) is 0 Å². The number of halogens is 1. The predicted octanol–water partition coefficient (Wildman–Crippen LogP) is 5.01. The average Bonchev–Trinajstić information content (AvgIpc) is 2.68. The first kappa shape index (κ1) is 23.2. The lowest BCUT2D eigenvalue weighted by Gasteiger charge is -2.60. The average molecular weight is 512 g/mol. The van der Waals surface area contributed by atoms with Crippen LogP contribution in [0.25, 0.3) is 0 Å². The van der Waals surface area contributed by atoms with E-state index >= 15 is 0 Å². The third kappa shape index (κ3) is 4.60. The zero-order valence-electron chi connectivity index (χ0n) is 18.8. The van der Waals surface area contributed by atoms with Crippen molar-refractivity contribution in [1.29, 1.82) is 0 Å². The van der Waals surface area contributed by atoms with Crippen molar-refractivity contribution in [1.82, 2.24) is 10.0 Å². The number of nitrogens with one attached hydrogen (secondary N) is 2. The van der Waals surface area contributed by atoms with Gasteiger partial charge in [0.15, 0.2) is 0 Å². The van der Waals surface area contributed by atoms with Gasteiger partial charge in [-0.25, -0.2) is 8.42 Å². The maximum absolute atomic E-state index is 13.3. The van der Waals surface area contributed by atoms with Crippen molar-refractivity contribution in [2.24, 2.45) is 23.2 Å². The predicted molar refractivity (Wildman–Crippen MR) is 126 cm³/mol. The second-order valence-corrected chi connectivity index (χ2v) is 13.2. The van der Waals surface area contributed by atoms with E-state index in [0.29, 0.717) is 21.7 Å². The molecule has 1 amide bonds. The lowest BCUT2D eigenvalue weighted by atomic mass is 9.47. The molecule has 31 heavy (non-hydrogen) atoms. The first-order valence-corrected chi connectivity index (χ1v) is 13.9. The highest BCUT2D eigenvalue weighted by atomic mass is 79.9. The van der Waals surface area contributed by atoms with Gasteiger partial charge in [-0.1, -0.05) is 31.9 Å². The minimum atomic E-state index is -3.83. The van der Waals surface area contributed by atoms with Gasteiger partial charge < -0.3 is 5.32 Å². The molecule has 0 radical (unpaired) electrons. The Labute approximate surface area is 195 Å². The van der Waals surface area contributed by atoms with Crippen LogP contribution in [-0.2, 0) is 14.8 Å². The normalized spacial score (nSPS) is 32.3. The van der Waals surface area contributed by atoms with Crippen LogP contribution in [-0.4, -0.2) is 25.9 Å². The Morgan fingerprint density at radius 3 is 2.42 bits per heavy atom. The molecule has 172 valence electrons. The van der Waals surface area contributed by atoms with Crippen molar-refractivity contribution in [3.8, 4) is 0 Å². The van der Waals surface area contributed by atoms with Crippen LogP contribution in [0.2, 0.25) is 0 Å². The highest BCUT2D eigenvalue weighted by Gasteiger charge is 2.55. The summed E-state index contributed by atoms with van der Waals surface area (Å²) in [7, 11) is -3.83. The molecule has 0 aliphatic heterocycles. The van der Waals surface area contributed by atoms with Gasteiger partial charge in [-0.15, -0.1) is 0 Å². The fourth-order valence-corrected chi connectivity index (χ4v) is 9.10. The Hall–Kier alpha value is -0.920. The first-order chi connectivity index (χ1) is 14.6. The van der Waals surface area contributed by atoms with Crippen LogP contribution >= 0.6 is 15.9 Å². The highest BCUT2D eigenvalue weighted by Crippen LogP contribution is 2.61. The third-order valence-corrected chi connectivity index (χ3v) is 10.5. The molecule has 2 N–H and O–H groups in total. The summed E-state index contributed by atoms with van der Waals surface area (Å²) < 4.78 is 29.0. The fraction of sp³-hybridized carbons (Fsp3) is 0.708. The molecule has 4 saturated carbocycles. The van der Waals surface area contributed by atoms with E-state index in [2.05, 4.69) is 32.9 Å². The first-order valence-electron chi connectivity index (χ1n) is 11.6. The highest BCUT2D eigenvalue weighted by molar-refractivity contribution is 9.10. The molecular weight excluding hydrogens is 476 g/mol. The number of hydrogen-bond acceptors (Lipinski definition) is 3. The van der Waals surface area contributed by atoms with Crippen molar-refractivity contribution in [2.75, 3.05) is 0 Å². The second kappa shape index (κ2) is 8.45. The molecule has 0 spiro atoms. The van der Waals surface area contributed by atoms with E-state index in [1.807, 2.05) is 0 Å². The number of rotatable bonds is 8. The number of sulfonamides is 1. The summed E-state index contributed by atoms with van der Waals surface area (Å²) in [5.41, 5.74) is -0.743. The fourth-order valence-electron chi connectivity index (χ4n) is 6.72. The van der Waals surface area contributed by atoms with Gasteiger partial charge in [-0.05, 0) is 104 Å². The maximum atomic E-state index is 13.3. The van der Waals surface area contributed by atoms with Gasteiger partial charge >= 0.3 is 0 Å². The van der Waals surface area contributed by atoms with Gasteiger partial charge in [0.05, 0.1) is 4.90 Å². The Morgan fingerprint density at radius 2 is 1.81 bits per heavy atom. The summed E-state index contributed by atoms with van der Waals surface area (Å²) >= 11 is 3.30. The van der Waals surface area contributed by atoms with E-state index in [1.54, 1.807) is 32.0 Å². The largest absolute Gasteiger partial charge is 0.351 e. The lowest BCUT2D eigenvalue weighted by Crippen LogP contribution is -2.63. The molecule has 0 heterocycles. The summed E-state index contributed by atoms with van der Waals surface area (Å²) in [6.45, 7) is 5.56. The van der Waals surface area contributed by atoms with E-state index in [0.717, 1.165) is 5.92 Å². The van der Waals surface area contributed by atoms with Crippen LogP contribution in [0.5, 0.6) is 0 Å². The summed E-state index contributed by atoms with van der Waals surface area (Å²) in [6, 6.07) is 6.83. The van der Waals surface area contributed by atoms with E-state index in [4.69, 9.17) is 0 Å². The van der Waals surface area contributed by atoms with Gasteiger partial charge in [0.2, 0.25) is 15.9 Å². The van der Waals surface area contributed by atoms with Gasteiger partial charge in [-0.2, -0.15) is 4.72 Å². The molecular formula is C24H35BrN2O3S. The van der Waals surface area contributed by atoms with Gasteiger partial charge in [-0.3, -0.25) is 4.79 Å². The van der Waals surface area contributed by atoms with Gasteiger partial charge in [0, 0.05) is 10.5 Å². The molecule has 0 aromatic heterocycles. The Kier molecular flexibility index (Phi) is 6.34. The van der Waals surface area contributed by atoms with Crippen LogP contribution in [0.15, 0.2) is 33.6 Å². The number of unbranched alkanes of at least 4 members (excludes halogenated alkanes) is 1. The zero-order chi connectivity index (χ0) is 22.4. The Balaban J connectivity index is 1.45. The molecule has 4 aliphatic rings. The Bertz CT molecular complexity index is 930. The topological polar surface area (TPSA) is 75.3 Å². The van der Waals surface area contributed by atoms with Crippen LogP contribution in [0.1, 0.15) is 72.1 Å². The maximum Gasteiger partial charge on any atom is 0.242 e. The number of carbonyl (C=O) groups excluding carboxylic acids is 1.